The number of fused-ring (bicyclic) bond motifs is 1. The van der Waals surface area contributed by atoms with E-state index < -0.39 is 5.82 Å². The number of hydrogen-bond donors (Lipinski definition) is 1. The summed E-state index contributed by atoms with van der Waals surface area (Å²) in [6.45, 7) is 8.89. The average molecular weight is 490 g/mol. The molecule has 3 aromatic carbocycles. The highest BCUT2D eigenvalue weighted by atomic mass is 19.1. The molecule has 0 amide bonds. The molecule has 0 spiro atoms. The average Bonchev–Trinajstić information content (AvgIpc) is 3.23. The van der Waals surface area contributed by atoms with Gasteiger partial charge in [-0.05, 0) is 47.9 Å². The van der Waals surface area contributed by atoms with E-state index in [1.54, 1.807) is 13.0 Å². The van der Waals surface area contributed by atoms with Crippen molar-refractivity contribution in [1.29, 1.82) is 0 Å². The molecule has 0 aliphatic heterocycles. The molecule has 2 N–H and O–H groups in total. The SMILES string of the molecule is CCOC(=O)Cc1ccc(F)cc1OCc1c(C(C)(C)C)oc2ccc(-c3cccc(CN)c3)cc12. The highest BCUT2D eigenvalue weighted by Crippen LogP contribution is 2.37. The predicted octanol–water partition coefficient (Wildman–Crippen LogP) is 6.68. The number of carbonyl (C=O) groups excluding carboxylic acids is 1. The quantitative estimate of drug-likeness (QED) is 0.280. The lowest BCUT2D eigenvalue weighted by Gasteiger charge is -2.18. The molecular formula is C30H32FNO4. The van der Waals surface area contributed by atoms with Crippen LogP contribution in [0.4, 0.5) is 4.39 Å². The van der Waals surface area contributed by atoms with Crippen molar-refractivity contribution in [3.8, 4) is 16.9 Å². The molecule has 1 aromatic heterocycles. The van der Waals surface area contributed by atoms with Crippen LogP contribution < -0.4 is 10.5 Å². The fourth-order valence-corrected chi connectivity index (χ4v) is 4.28. The van der Waals surface area contributed by atoms with Crippen LogP contribution >= 0.6 is 0 Å². The van der Waals surface area contributed by atoms with E-state index in [4.69, 9.17) is 19.6 Å². The number of halogens is 1. The summed E-state index contributed by atoms with van der Waals surface area (Å²) in [5.41, 5.74) is 10.9. The minimum absolute atomic E-state index is 0.00332. The summed E-state index contributed by atoms with van der Waals surface area (Å²) < 4.78 is 31.6. The molecule has 0 bridgehead atoms. The fraction of sp³-hybridized carbons (Fsp3) is 0.300. The predicted molar refractivity (Wildman–Crippen MR) is 139 cm³/mol. The molecule has 36 heavy (non-hydrogen) atoms. The Hall–Kier alpha value is -3.64. The number of carbonyl (C=O) groups is 1. The lowest BCUT2D eigenvalue weighted by Crippen LogP contribution is -2.14. The van der Waals surface area contributed by atoms with Crippen molar-refractivity contribution in [3.63, 3.8) is 0 Å². The zero-order valence-corrected chi connectivity index (χ0v) is 21.2. The van der Waals surface area contributed by atoms with Crippen LogP contribution in [0.5, 0.6) is 5.75 Å². The molecule has 0 radical (unpaired) electrons. The van der Waals surface area contributed by atoms with Crippen molar-refractivity contribution in [1.82, 2.24) is 0 Å². The second kappa shape index (κ2) is 10.5. The van der Waals surface area contributed by atoms with Crippen LogP contribution in [0.2, 0.25) is 0 Å². The minimum Gasteiger partial charge on any atom is -0.488 e. The number of rotatable bonds is 8. The van der Waals surface area contributed by atoms with Crippen LogP contribution in [0, 0.1) is 5.82 Å². The van der Waals surface area contributed by atoms with Gasteiger partial charge in [-0.1, -0.05) is 51.1 Å². The Kier molecular flexibility index (Phi) is 7.45. The second-order valence-electron chi connectivity index (χ2n) is 9.80. The first-order valence-electron chi connectivity index (χ1n) is 12.1. The number of nitrogens with two attached hydrogens (primary N) is 1. The summed E-state index contributed by atoms with van der Waals surface area (Å²) in [5, 5.41) is 0.930. The standard InChI is InChI=1S/C30H32FNO4/c1-5-34-28(33)15-22-9-11-23(31)16-27(22)35-18-25-24-14-21(20-8-6-7-19(13-20)17-32)10-12-26(24)36-29(25)30(2,3)4/h6-14,16H,5,15,17-18,32H2,1-4H3. The molecule has 0 aliphatic rings. The summed E-state index contributed by atoms with van der Waals surface area (Å²) in [5.74, 6) is 0.285. The van der Waals surface area contributed by atoms with E-state index >= 15 is 0 Å². The van der Waals surface area contributed by atoms with Gasteiger partial charge in [0.25, 0.3) is 0 Å². The van der Waals surface area contributed by atoms with Gasteiger partial charge in [-0.3, -0.25) is 4.79 Å². The molecule has 0 unspecified atom stereocenters. The zero-order chi connectivity index (χ0) is 25.9. The van der Waals surface area contributed by atoms with E-state index in [0.717, 1.165) is 39.0 Å². The van der Waals surface area contributed by atoms with E-state index in [0.29, 0.717) is 17.9 Å². The van der Waals surface area contributed by atoms with Crippen molar-refractivity contribution in [3.05, 3.63) is 88.9 Å². The van der Waals surface area contributed by atoms with Crippen LogP contribution in [0.1, 0.15) is 50.1 Å². The van der Waals surface area contributed by atoms with E-state index in [1.807, 2.05) is 24.3 Å². The van der Waals surface area contributed by atoms with Gasteiger partial charge >= 0.3 is 5.97 Å². The fourth-order valence-electron chi connectivity index (χ4n) is 4.28. The number of esters is 1. The van der Waals surface area contributed by atoms with Crippen molar-refractivity contribution in [2.45, 2.75) is 52.7 Å². The molecule has 5 nitrogen and oxygen atoms in total. The van der Waals surface area contributed by atoms with Crippen molar-refractivity contribution < 1.29 is 23.1 Å². The lowest BCUT2D eigenvalue weighted by atomic mass is 9.89. The molecule has 188 valence electrons. The Bertz CT molecular complexity index is 1380. The summed E-state index contributed by atoms with van der Waals surface area (Å²) in [4.78, 5) is 12.1. The maximum atomic E-state index is 14.1. The number of hydrogen-bond acceptors (Lipinski definition) is 5. The summed E-state index contributed by atoms with van der Waals surface area (Å²) in [6.07, 6.45) is 0.00332. The third-order valence-electron chi connectivity index (χ3n) is 6.01. The van der Waals surface area contributed by atoms with Crippen LogP contribution in [0.3, 0.4) is 0 Å². The largest absolute Gasteiger partial charge is 0.488 e. The van der Waals surface area contributed by atoms with Gasteiger partial charge in [-0.2, -0.15) is 0 Å². The van der Waals surface area contributed by atoms with E-state index in [1.165, 1.54) is 12.1 Å². The molecule has 1 heterocycles. The highest BCUT2D eigenvalue weighted by molar-refractivity contribution is 5.87. The van der Waals surface area contributed by atoms with Crippen molar-refractivity contribution in [2.24, 2.45) is 5.73 Å². The lowest BCUT2D eigenvalue weighted by molar-refractivity contribution is -0.142. The zero-order valence-electron chi connectivity index (χ0n) is 21.2. The first-order valence-corrected chi connectivity index (χ1v) is 12.1. The molecule has 0 saturated carbocycles. The van der Waals surface area contributed by atoms with Gasteiger partial charge in [0.1, 0.15) is 29.5 Å². The van der Waals surface area contributed by atoms with Crippen LogP contribution in [-0.4, -0.2) is 12.6 Å². The number of furan rings is 1. The van der Waals surface area contributed by atoms with Gasteiger partial charge in [0, 0.05) is 34.5 Å². The van der Waals surface area contributed by atoms with E-state index in [2.05, 4.69) is 39.0 Å². The van der Waals surface area contributed by atoms with Crippen LogP contribution in [-0.2, 0) is 34.5 Å². The Balaban J connectivity index is 1.73. The first kappa shape index (κ1) is 25.5. The highest BCUT2D eigenvalue weighted by Gasteiger charge is 2.26. The third-order valence-corrected chi connectivity index (χ3v) is 6.01. The number of benzene rings is 3. The normalized spacial score (nSPS) is 11.6. The van der Waals surface area contributed by atoms with Crippen molar-refractivity contribution in [2.75, 3.05) is 6.61 Å². The van der Waals surface area contributed by atoms with Gasteiger partial charge in [-0.25, -0.2) is 4.39 Å². The van der Waals surface area contributed by atoms with Gasteiger partial charge < -0.3 is 19.6 Å². The molecule has 0 fully saturated rings. The molecule has 4 aromatic rings. The Morgan fingerprint density at radius 3 is 2.53 bits per heavy atom. The topological polar surface area (TPSA) is 74.7 Å². The summed E-state index contributed by atoms with van der Waals surface area (Å²) >= 11 is 0. The van der Waals surface area contributed by atoms with Crippen LogP contribution in [0.15, 0.2) is 65.1 Å². The maximum absolute atomic E-state index is 14.1. The summed E-state index contributed by atoms with van der Waals surface area (Å²) in [7, 11) is 0. The van der Waals surface area contributed by atoms with E-state index in [9.17, 15) is 9.18 Å². The van der Waals surface area contributed by atoms with Gasteiger partial charge in [-0.15, -0.1) is 0 Å². The molecule has 0 aliphatic carbocycles. The molecule has 4 rings (SSSR count). The van der Waals surface area contributed by atoms with Gasteiger partial charge in [0.2, 0.25) is 0 Å². The number of ether oxygens (including phenoxy) is 2. The first-order chi connectivity index (χ1) is 17.2. The second-order valence-corrected chi connectivity index (χ2v) is 9.80. The third kappa shape index (κ3) is 5.60. The molecule has 0 saturated heterocycles. The Morgan fingerprint density at radius 2 is 1.81 bits per heavy atom. The molecule has 0 atom stereocenters. The van der Waals surface area contributed by atoms with Crippen molar-refractivity contribution >= 4 is 16.9 Å². The van der Waals surface area contributed by atoms with E-state index in [-0.39, 0.29) is 31.0 Å². The molecule has 6 heteroatoms. The maximum Gasteiger partial charge on any atom is 0.310 e. The van der Waals surface area contributed by atoms with Crippen LogP contribution in [0.25, 0.3) is 22.1 Å². The summed E-state index contributed by atoms with van der Waals surface area (Å²) in [6, 6.07) is 18.4. The Labute approximate surface area is 211 Å². The van der Waals surface area contributed by atoms with Gasteiger partial charge in [0.15, 0.2) is 0 Å². The Morgan fingerprint density at radius 1 is 1.03 bits per heavy atom. The minimum atomic E-state index is -0.437. The molecular weight excluding hydrogens is 457 g/mol. The smallest absolute Gasteiger partial charge is 0.310 e. The van der Waals surface area contributed by atoms with Gasteiger partial charge in [0.05, 0.1) is 13.0 Å². The monoisotopic (exact) mass is 489 g/mol.